The fourth-order valence-corrected chi connectivity index (χ4v) is 4.34. The molecule has 2 fully saturated rings. The summed E-state index contributed by atoms with van der Waals surface area (Å²) < 4.78 is 15.1. The first-order valence-electron chi connectivity index (χ1n) is 12.8. The third-order valence-electron chi connectivity index (χ3n) is 6.36. The lowest BCUT2D eigenvalue weighted by Crippen LogP contribution is -2.53. The SMILES string of the molecule is CCOC(=O)C1CCN(C(=O)OCc2ccccc2)C(C(N)=O)C1.CCOC(=O)C1CCNC(C(N)=O)C1. The fraction of sp³-hybridized carbons (Fsp3) is 0.577. The number of ether oxygens (including phenoxy) is 3. The summed E-state index contributed by atoms with van der Waals surface area (Å²) in [5.41, 5.74) is 11.4. The summed E-state index contributed by atoms with van der Waals surface area (Å²) in [4.78, 5) is 59.3. The summed E-state index contributed by atoms with van der Waals surface area (Å²) in [7, 11) is 0. The van der Waals surface area contributed by atoms with Crippen LogP contribution in [-0.4, -0.2) is 73.1 Å². The van der Waals surface area contributed by atoms with Crippen molar-refractivity contribution in [3.05, 3.63) is 35.9 Å². The quantitative estimate of drug-likeness (QED) is 0.322. The molecule has 2 aliphatic heterocycles. The molecular formula is C26H38N4O8. The van der Waals surface area contributed by atoms with Gasteiger partial charge in [0.2, 0.25) is 11.8 Å². The van der Waals surface area contributed by atoms with Gasteiger partial charge in [-0.1, -0.05) is 30.3 Å². The number of hydrogen-bond donors (Lipinski definition) is 3. The van der Waals surface area contributed by atoms with Gasteiger partial charge in [-0.3, -0.25) is 24.1 Å². The highest BCUT2D eigenvalue weighted by molar-refractivity contribution is 5.86. The van der Waals surface area contributed by atoms with Crippen molar-refractivity contribution in [1.29, 1.82) is 0 Å². The van der Waals surface area contributed by atoms with E-state index in [-0.39, 0.29) is 44.0 Å². The summed E-state index contributed by atoms with van der Waals surface area (Å²) in [6.45, 7) is 5.12. The van der Waals surface area contributed by atoms with Crippen molar-refractivity contribution in [2.45, 2.75) is 58.2 Å². The Morgan fingerprint density at radius 2 is 1.47 bits per heavy atom. The average molecular weight is 535 g/mol. The topological polar surface area (TPSA) is 180 Å². The molecule has 2 heterocycles. The summed E-state index contributed by atoms with van der Waals surface area (Å²) in [5.74, 6) is -2.25. The van der Waals surface area contributed by atoms with Crippen LogP contribution in [0.1, 0.15) is 45.1 Å². The van der Waals surface area contributed by atoms with Gasteiger partial charge >= 0.3 is 18.0 Å². The zero-order valence-corrected chi connectivity index (χ0v) is 21.9. The number of nitrogens with two attached hydrogens (primary N) is 2. The first-order chi connectivity index (χ1) is 18.2. The van der Waals surface area contributed by atoms with Crippen LogP contribution in [-0.2, 0) is 40.0 Å². The van der Waals surface area contributed by atoms with Crippen LogP contribution in [0.4, 0.5) is 4.79 Å². The smallest absolute Gasteiger partial charge is 0.410 e. The Bertz CT molecular complexity index is 958. The number of likely N-dealkylation sites (tertiary alicyclic amines) is 1. The number of amides is 3. The van der Waals surface area contributed by atoms with E-state index in [2.05, 4.69) is 5.32 Å². The number of nitrogens with one attached hydrogen (secondary N) is 1. The van der Waals surface area contributed by atoms with E-state index >= 15 is 0 Å². The number of piperidine rings is 2. The molecule has 38 heavy (non-hydrogen) atoms. The van der Waals surface area contributed by atoms with Gasteiger partial charge < -0.3 is 31.0 Å². The molecule has 0 aliphatic carbocycles. The number of rotatable bonds is 8. The van der Waals surface area contributed by atoms with E-state index in [4.69, 9.17) is 25.7 Å². The minimum absolute atomic E-state index is 0.114. The van der Waals surface area contributed by atoms with E-state index in [1.807, 2.05) is 30.3 Å². The zero-order valence-electron chi connectivity index (χ0n) is 21.9. The van der Waals surface area contributed by atoms with Crippen LogP contribution in [0.2, 0.25) is 0 Å². The maximum absolute atomic E-state index is 12.3. The Morgan fingerprint density at radius 1 is 0.868 bits per heavy atom. The van der Waals surface area contributed by atoms with E-state index in [9.17, 15) is 24.0 Å². The second-order valence-electron chi connectivity index (χ2n) is 9.01. The first-order valence-corrected chi connectivity index (χ1v) is 12.8. The molecule has 0 bridgehead atoms. The summed E-state index contributed by atoms with van der Waals surface area (Å²) >= 11 is 0. The summed E-state index contributed by atoms with van der Waals surface area (Å²) in [6.07, 6.45) is 1.14. The predicted molar refractivity (Wildman–Crippen MR) is 136 cm³/mol. The van der Waals surface area contributed by atoms with Crippen molar-refractivity contribution < 1.29 is 38.2 Å². The molecule has 0 spiro atoms. The molecule has 210 valence electrons. The van der Waals surface area contributed by atoms with E-state index < -0.39 is 35.9 Å². The average Bonchev–Trinajstić information content (AvgIpc) is 2.92. The number of primary amides is 2. The molecule has 0 radical (unpaired) electrons. The summed E-state index contributed by atoms with van der Waals surface area (Å²) in [5, 5.41) is 2.96. The van der Waals surface area contributed by atoms with Gasteiger partial charge in [-0.2, -0.15) is 0 Å². The van der Waals surface area contributed by atoms with Crippen LogP contribution in [0.5, 0.6) is 0 Å². The monoisotopic (exact) mass is 534 g/mol. The van der Waals surface area contributed by atoms with Crippen molar-refractivity contribution in [1.82, 2.24) is 10.2 Å². The molecule has 0 aromatic heterocycles. The van der Waals surface area contributed by atoms with Crippen LogP contribution in [0, 0.1) is 11.8 Å². The van der Waals surface area contributed by atoms with Crippen LogP contribution in [0.15, 0.2) is 30.3 Å². The third-order valence-corrected chi connectivity index (χ3v) is 6.36. The molecule has 2 aliphatic rings. The molecule has 4 unspecified atom stereocenters. The van der Waals surface area contributed by atoms with Crippen molar-refractivity contribution in [2.75, 3.05) is 26.3 Å². The number of benzene rings is 1. The van der Waals surface area contributed by atoms with Crippen LogP contribution < -0.4 is 16.8 Å². The predicted octanol–water partition coefficient (Wildman–Crippen LogP) is 0.855. The molecular weight excluding hydrogens is 496 g/mol. The van der Waals surface area contributed by atoms with Gasteiger partial charge in [0.15, 0.2) is 0 Å². The van der Waals surface area contributed by atoms with Gasteiger partial charge in [0, 0.05) is 6.54 Å². The Hall–Kier alpha value is -3.67. The van der Waals surface area contributed by atoms with Crippen LogP contribution in [0.25, 0.3) is 0 Å². The number of hydrogen-bond acceptors (Lipinski definition) is 9. The Balaban J connectivity index is 0.000000308. The van der Waals surface area contributed by atoms with Crippen molar-refractivity contribution >= 4 is 29.8 Å². The minimum atomic E-state index is -0.864. The standard InChI is InChI=1S/C17H22N2O5.C9H16N2O3/c1-2-23-16(21)13-8-9-19(14(10-13)15(18)20)17(22)24-11-12-6-4-3-5-7-12;1-2-14-9(13)6-3-4-11-7(5-6)8(10)12/h3-7,13-14H,2,8-11H2,1H3,(H2,18,20);6-7,11H,2-5H2,1H3,(H2,10,12). The lowest BCUT2D eigenvalue weighted by Gasteiger charge is -2.36. The molecule has 0 saturated carbocycles. The molecule has 3 rings (SSSR count). The highest BCUT2D eigenvalue weighted by atomic mass is 16.6. The number of esters is 2. The number of carbonyl (C=O) groups excluding carboxylic acids is 5. The minimum Gasteiger partial charge on any atom is -0.466 e. The van der Waals surface area contributed by atoms with Crippen LogP contribution in [0.3, 0.4) is 0 Å². The molecule has 2 saturated heterocycles. The molecule has 3 amide bonds. The maximum atomic E-state index is 12.3. The van der Waals surface area contributed by atoms with Gasteiger partial charge in [-0.25, -0.2) is 4.79 Å². The fourth-order valence-electron chi connectivity index (χ4n) is 4.34. The van der Waals surface area contributed by atoms with Gasteiger partial charge in [-0.15, -0.1) is 0 Å². The maximum Gasteiger partial charge on any atom is 0.410 e. The van der Waals surface area contributed by atoms with E-state index in [0.717, 1.165) is 5.56 Å². The number of carbonyl (C=O) groups is 5. The van der Waals surface area contributed by atoms with Crippen molar-refractivity contribution in [3.8, 4) is 0 Å². The Morgan fingerprint density at radius 3 is 2.03 bits per heavy atom. The summed E-state index contributed by atoms with van der Waals surface area (Å²) in [6, 6.07) is 7.99. The second kappa shape index (κ2) is 15.6. The van der Waals surface area contributed by atoms with Crippen molar-refractivity contribution in [2.24, 2.45) is 23.3 Å². The lowest BCUT2D eigenvalue weighted by atomic mass is 9.90. The second-order valence-corrected chi connectivity index (χ2v) is 9.01. The largest absolute Gasteiger partial charge is 0.466 e. The highest BCUT2D eigenvalue weighted by Gasteiger charge is 2.39. The lowest BCUT2D eigenvalue weighted by molar-refractivity contribution is -0.151. The third kappa shape index (κ3) is 9.33. The van der Waals surface area contributed by atoms with Gasteiger partial charge in [-0.05, 0) is 51.6 Å². The van der Waals surface area contributed by atoms with Crippen molar-refractivity contribution in [3.63, 3.8) is 0 Å². The molecule has 5 N–H and O–H groups in total. The Kier molecular flexibility index (Phi) is 12.5. The first kappa shape index (κ1) is 30.6. The number of nitrogens with zero attached hydrogens (tertiary/aromatic N) is 1. The normalized spacial score (nSPS) is 22.7. The zero-order chi connectivity index (χ0) is 28.1. The van der Waals surface area contributed by atoms with E-state index in [1.54, 1.807) is 13.8 Å². The molecule has 12 nitrogen and oxygen atoms in total. The highest BCUT2D eigenvalue weighted by Crippen LogP contribution is 2.25. The van der Waals surface area contributed by atoms with Gasteiger partial charge in [0.05, 0.1) is 31.1 Å². The molecule has 12 heteroatoms. The van der Waals surface area contributed by atoms with E-state index in [1.165, 1.54) is 4.90 Å². The molecule has 1 aromatic carbocycles. The molecule has 4 atom stereocenters. The Labute approximate surface area is 222 Å². The van der Waals surface area contributed by atoms with E-state index in [0.29, 0.717) is 32.4 Å². The van der Waals surface area contributed by atoms with Gasteiger partial charge in [0.1, 0.15) is 12.6 Å². The van der Waals surface area contributed by atoms with Crippen LogP contribution >= 0.6 is 0 Å². The van der Waals surface area contributed by atoms with Gasteiger partial charge in [0.25, 0.3) is 0 Å². The molecule has 1 aromatic rings.